The van der Waals surface area contributed by atoms with Crippen LogP contribution in [-0.4, -0.2) is 7.05 Å². The van der Waals surface area contributed by atoms with Crippen molar-refractivity contribution in [2.45, 2.75) is 6.04 Å². The van der Waals surface area contributed by atoms with Crippen LogP contribution in [0.1, 0.15) is 17.4 Å². The third kappa shape index (κ3) is 2.94. The fourth-order valence-electron chi connectivity index (χ4n) is 1.65. The number of halogens is 3. The van der Waals surface area contributed by atoms with E-state index in [1.54, 1.807) is 0 Å². The molecule has 2 nitrogen and oxygen atoms in total. The molecule has 90 valence electrons. The molecular weight excluding hydrogens is 369 g/mol. The van der Waals surface area contributed by atoms with Crippen molar-refractivity contribution in [1.82, 2.24) is 5.32 Å². The van der Waals surface area contributed by atoms with Crippen LogP contribution in [0.5, 0.6) is 0 Å². The van der Waals surface area contributed by atoms with Crippen molar-refractivity contribution in [2.75, 3.05) is 7.05 Å². The number of rotatable bonds is 3. The fraction of sp³-hybridized carbons (Fsp3) is 0.167. The van der Waals surface area contributed by atoms with Gasteiger partial charge in [-0.2, -0.15) is 0 Å². The van der Waals surface area contributed by atoms with Crippen molar-refractivity contribution in [2.24, 2.45) is 0 Å². The topological polar surface area (TPSA) is 25.2 Å². The Bertz CT molecular complexity index is 527. The summed E-state index contributed by atoms with van der Waals surface area (Å²) in [6, 6.07) is 9.65. The van der Waals surface area contributed by atoms with Crippen molar-refractivity contribution in [3.63, 3.8) is 0 Å². The van der Waals surface area contributed by atoms with E-state index in [9.17, 15) is 0 Å². The number of nitrogens with one attached hydrogen (secondary N) is 1. The largest absolute Gasteiger partial charge is 0.452 e. The Balaban J connectivity index is 2.38. The smallest absolute Gasteiger partial charge is 0.169 e. The molecule has 0 aliphatic carbocycles. The molecule has 0 amide bonds. The van der Waals surface area contributed by atoms with E-state index in [1.807, 2.05) is 37.4 Å². The summed E-state index contributed by atoms with van der Waals surface area (Å²) >= 11 is 12.7. The first kappa shape index (κ1) is 13.1. The Morgan fingerprint density at radius 3 is 2.53 bits per heavy atom. The van der Waals surface area contributed by atoms with Gasteiger partial charge in [-0.3, -0.25) is 0 Å². The van der Waals surface area contributed by atoms with Gasteiger partial charge in [0.1, 0.15) is 5.76 Å². The van der Waals surface area contributed by atoms with E-state index >= 15 is 0 Å². The molecule has 0 bridgehead atoms. The lowest BCUT2D eigenvalue weighted by molar-refractivity contribution is 0.447. The van der Waals surface area contributed by atoms with Gasteiger partial charge in [0.2, 0.25) is 0 Å². The molecule has 5 heteroatoms. The van der Waals surface area contributed by atoms with Gasteiger partial charge >= 0.3 is 0 Å². The molecule has 0 saturated heterocycles. The van der Waals surface area contributed by atoms with Crippen LogP contribution in [0.4, 0.5) is 0 Å². The summed E-state index contributed by atoms with van der Waals surface area (Å²) in [7, 11) is 1.89. The zero-order chi connectivity index (χ0) is 12.4. The highest BCUT2D eigenvalue weighted by Gasteiger charge is 2.16. The van der Waals surface area contributed by atoms with Crippen LogP contribution >= 0.6 is 43.5 Å². The van der Waals surface area contributed by atoms with Gasteiger partial charge in [-0.1, -0.05) is 17.7 Å². The second-order valence-electron chi connectivity index (χ2n) is 3.54. The van der Waals surface area contributed by atoms with Crippen LogP contribution in [0, 0.1) is 0 Å². The molecular formula is C12H10Br2ClNO. The summed E-state index contributed by atoms with van der Waals surface area (Å²) in [5, 5.41) is 3.91. The summed E-state index contributed by atoms with van der Waals surface area (Å²) in [6.07, 6.45) is 0. The molecule has 1 heterocycles. The van der Waals surface area contributed by atoms with Crippen molar-refractivity contribution < 1.29 is 4.42 Å². The Hall–Kier alpha value is -0.290. The van der Waals surface area contributed by atoms with Gasteiger partial charge in [0.15, 0.2) is 4.67 Å². The molecule has 0 spiro atoms. The van der Waals surface area contributed by atoms with Crippen LogP contribution in [0.15, 0.2) is 43.9 Å². The zero-order valence-corrected chi connectivity index (χ0v) is 12.9. The van der Waals surface area contributed by atoms with Gasteiger partial charge in [-0.05, 0) is 68.7 Å². The summed E-state index contributed by atoms with van der Waals surface area (Å²) in [4.78, 5) is 0. The maximum absolute atomic E-state index is 5.98. The molecule has 0 radical (unpaired) electrons. The van der Waals surface area contributed by atoms with Gasteiger partial charge in [0, 0.05) is 4.47 Å². The molecule has 2 aromatic rings. The predicted molar refractivity (Wildman–Crippen MR) is 76.5 cm³/mol. The molecule has 1 N–H and O–H groups in total. The molecule has 0 saturated carbocycles. The lowest BCUT2D eigenvalue weighted by Crippen LogP contribution is -2.16. The van der Waals surface area contributed by atoms with Gasteiger partial charge in [0.25, 0.3) is 0 Å². The molecule has 1 atom stereocenters. The highest BCUT2D eigenvalue weighted by molar-refractivity contribution is 9.10. The molecule has 1 aromatic heterocycles. The Kier molecular flexibility index (Phi) is 4.31. The standard InChI is InChI=1S/C12H10Br2ClNO/c1-16-12(10-4-5-11(14)17-10)7-2-3-9(15)8(13)6-7/h2-6,12,16H,1H3. The Labute approximate surface area is 122 Å². The van der Waals surface area contributed by atoms with Crippen LogP contribution in [0.3, 0.4) is 0 Å². The number of furan rings is 1. The van der Waals surface area contributed by atoms with Gasteiger partial charge in [-0.25, -0.2) is 0 Å². The average Bonchev–Trinajstić information content (AvgIpc) is 2.71. The maximum Gasteiger partial charge on any atom is 0.169 e. The van der Waals surface area contributed by atoms with Crippen molar-refractivity contribution >= 4 is 43.5 Å². The van der Waals surface area contributed by atoms with Gasteiger partial charge in [0.05, 0.1) is 11.1 Å². The highest BCUT2D eigenvalue weighted by Crippen LogP contribution is 2.30. The monoisotopic (exact) mass is 377 g/mol. The van der Waals surface area contributed by atoms with E-state index in [-0.39, 0.29) is 6.04 Å². The highest BCUT2D eigenvalue weighted by atomic mass is 79.9. The first-order chi connectivity index (χ1) is 8.11. The fourth-order valence-corrected chi connectivity index (χ4v) is 2.48. The van der Waals surface area contributed by atoms with Gasteiger partial charge in [-0.15, -0.1) is 0 Å². The molecule has 2 rings (SSSR count). The van der Waals surface area contributed by atoms with Gasteiger partial charge < -0.3 is 9.73 Å². The number of hydrogen-bond acceptors (Lipinski definition) is 2. The summed E-state index contributed by atoms with van der Waals surface area (Å²) in [5.74, 6) is 0.855. The molecule has 1 unspecified atom stereocenters. The molecule has 0 aliphatic rings. The summed E-state index contributed by atoms with van der Waals surface area (Å²) in [5.41, 5.74) is 1.09. The number of hydrogen-bond donors (Lipinski definition) is 1. The molecule has 0 aliphatic heterocycles. The SMILES string of the molecule is CNC(c1ccc(Cl)c(Br)c1)c1ccc(Br)o1. The lowest BCUT2D eigenvalue weighted by Gasteiger charge is -2.14. The van der Waals surface area contributed by atoms with Crippen LogP contribution in [0.25, 0.3) is 0 Å². The summed E-state index contributed by atoms with van der Waals surface area (Å²) < 4.78 is 7.17. The summed E-state index contributed by atoms with van der Waals surface area (Å²) in [6.45, 7) is 0. The van der Waals surface area contributed by atoms with E-state index in [0.717, 1.165) is 20.5 Å². The normalized spacial score (nSPS) is 12.7. The Morgan fingerprint density at radius 1 is 1.24 bits per heavy atom. The van der Waals surface area contributed by atoms with E-state index < -0.39 is 0 Å². The third-order valence-electron chi connectivity index (χ3n) is 2.44. The minimum absolute atomic E-state index is 0.00914. The van der Waals surface area contributed by atoms with Crippen molar-refractivity contribution in [3.8, 4) is 0 Å². The quantitative estimate of drug-likeness (QED) is 0.831. The maximum atomic E-state index is 5.98. The third-order valence-corrected chi connectivity index (χ3v) is 4.08. The van der Waals surface area contributed by atoms with Crippen molar-refractivity contribution in [1.29, 1.82) is 0 Å². The van der Waals surface area contributed by atoms with Crippen LogP contribution in [0.2, 0.25) is 5.02 Å². The molecule has 0 fully saturated rings. The molecule has 17 heavy (non-hydrogen) atoms. The van der Waals surface area contributed by atoms with Crippen LogP contribution in [-0.2, 0) is 0 Å². The minimum atomic E-state index is 0.00914. The second-order valence-corrected chi connectivity index (χ2v) is 5.58. The lowest BCUT2D eigenvalue weighted by atomic mass is 10.1. The van der Waals surface area contributed by atoms with Crippen molar-refractivity contribution in [3.05, 3.63) is 55.8 Å². The van der Waals surface area contributed by atoms with Crippen LogP contribution < -0.4 is 5.32 Å². The first-order valence-electron chi connectivity index (χ1n) is 4.99. The number of benzene rings is 1. The van der Waals surface area contributed by atoms with E-state index in [4.69, 9.17) is 16.0 Å². The zero-order valence-electron chi connectivity index (χ0n) is 9.01. The van der Waals surface area contributed by atoms with E-state index in [2.05, 4.69) is 37.2 Å². The molecule has 1 aromatic carbocycles. The predicted octanol–water partition coefficient (Wildman–Crippen LogP) is 4.77. The second kappa shape index (κ2) is 5.57. The minimum Gasteiger partial charge on any atom is -0.452 e. The van der Waals surface area contributed by atoms with E-state index in [1.165, 1.54) is 0 Å². The first-order valence-corrected chi connectivity index (χ1v) is 6.95. The average molecular weight is 379 g/mol. The Morgan fingerprint density at radius 2 is 2.00 bits per heavy atom. The van der Waals surface area contributed by atoms with E-state index in [0.29, 0.717) is 5.02 Å².